The molecule has 2 aromatic heterocycles. The summed E-state index contributed by atoms with van der Waals surface area (Å²) in [7, 11) is 0. The van der Waals surface area contributed by atoms with Gasteiger partial charge in [-0.25, -0.2) is 0 Å². The predicted molar refractivity (Wildman–Crippen MR) is 69.3 cm³/mol. The van der Waals surface area contributed by atoms with E-state index in [9.17, 15) is 0 Å². The van der Waals surface area contributed by atoms with Gasteiger partial charge in [0, 0.05) is 23.1 Å². The highest BCUT2D eigenvalue weighted by molar-refractivity contribution is 5.57. The Bertz CT molecular complexity index is 658. The van der Waals surface area contributed by atoms with Gasteiger partial charge in [0.25, 0.3) is 0 Å². The van der Waals surface area contributed by atoms with Crippen molar-refractivity contribution in [2.75, 3.05) is 0 Å². The summed E-state index contributed by atoms with van der Waals surface area (Å²) in [5.41, 5.74) is 3.03. The topological polar surface area (TPSA) is 43.6 Å². The maximum Gasteiger partial charge on any atom is 0.168 e. The highest BCUT2D eigenvalue weighted by Gasteiger charge is 2.08. The van der Waals surface area contributed by atoms with Crippen LogP contribution in [0.2, 0.25) is 0 Å². The summed E-state index contributed by atoms with van der Waals surface area (Å²) in [6.07, 6.45) is 3.51. The van der Waals surface area contributed by atoms with Crippen molar-refractivity contribution in [1.82, 2.24) is 19.7 Å². The van der Waals surface area contributed by atoms with Gasteiger partial charge in [0.15, 0.2) is 5.82 Å². The minimum atomic E-state index is 0.826. The van der Waals surface area contributed by atoms with E-state index in [0.717, 1.165) is 22.8 Å². The van der Waals surface area contributed by atoms with Gasteiger partial charge in [-0.1, -0.05) is 18.2 Å². The van der Waals surface area contributed by atoms with E-state index in [1.54, 1.807) is 12.5 Å². The second-order valence-electron chi connectivity index (χ2n) is 4.05. The molecule has 0 aliphatic heterocycles. The number of aryl methyl sites for hydroxylation is 1. The third-order valence-electron chi connectivity index (χ3n) is 2.74. The van der Waals surface area contributed by atoms with Crippen molar-refractivity contribution in [2.24, 2.45) is 0 Å². The maximum atomic E-state index is 4.19. The van der Waals surface area contributed by atoms with Crippen LogP contribution < -0.4 is 0 Å². The Balaban J connectivity index is 2.13. The molecule has 18 heavy (non-hydrogen) atoms. The summed E-state index contributed by atoms with van der Waals surface area (Å²) in [6, 6.07) is 14.0. The van der Waals surface area contributed by atoms with Crippen molar-refractivity contribution in [3.63, 3.8) is 0 Å². The normalized spacial score (nSPS) is 10.5. The first kappa shape index (κ1) is 10.7. The zero-order valence-corrected chi connectivity index (χ0v) is 9.99. The number of para-hydroxylation sites is 1. The molecule has 3 rings (SSSR count). The van der Waals surface area contributed by atoms with E-state index >= 15 is 0 Å². The molecule has 2 heterocycles. The number of benzene rings is 1. The Morgan fingerprint density at radius 3 is 2.67 bits per heavy atom. The van der Waals surface area contributed by atoms with Crippen LogP contribution in [0, 0.1) is 6.92 Å². The van der Waals surface area contributed by atoms with E-state index in [-0.39, 0.29) is 0 Å². The van der Waals surface area contributed by atoms with Crippen molar-refractivity contribution < 1.29 is 0 Å². The Morgan fingerprint density at radius 2 is 1.89 bits per heavy atom. The standard InChI is InChI=1S/C14H12N4/c1-11-9-12(7-8-15-11)14-17-16-10-18(14)13-5-3-2-4-6-13/h2-10H,1H3. The van der Waals surface area contributed by atoms with E-state index in [4.69, 9.17) is 0 Å². The maximum absolute atomic E-state index is 4.19. The van der Waals surface area contributed by atoms with Gasteiger partial charge in [-0.15, -0.1) is 10.2 Å². The van der Waals surface area contributed by atoms with E-state index in [1.807, 2.05) is 54.0 Å². The smallest absolute Gasteiger partial charge is 0.168 e. The summed E-state index contributed by atoms with van der Waals surface area (Å²) in [6.45, 7) is 1.97. The van der Waals surface area contributed by atoms with Crippen molar-refractivity contribution in [1.29, 1.82) is 0 Å². The molecule has 0 amide bonds. The fourth-order valence-corrected chi connectivity index (χ4v) is 1.89. The Morgan fingerprint density at radius 1 is 1.06 bits per heavy atom. The number of hydrogen-bond acceptors (Lipinski definition) is 3. The van der Waals surface area contributed by atoms with E-state index in [0.29, 0.717) is 0 Å². The van der Waals surface area contributed by atoms with Crippen LogP contribution >= 0.6 is 0 Å². The van der Waals surface area contributed by atoms with Gasteiger partial charge in [0.05, 0.1) is 0 Å². The number of pyridine rings is 1. The van der Waals surface area contributed by atoms with E-state index < -0.39 is 0 Å². The van der Waals surface area contributed by atoms with E-state index in [1.165, 1.54) is 0 Å². The van der Waals surface area contributed by atoms with Crippen LogP contribution in [0.4, 0.5) is 0 Å². The van der Waals surface area contributed by atoms with Crippen molar-refractivity contribution in [2.45, 2.75) is 6.92 Å². The van der Waals surface area contributed by atoms with Crippen molar-refractivity contribution >= 4 is 0 Å². The molecule has 0 atom stereocenters. The fourth-order valence-electron chi connectivity index (χ4n) is 1.89. The minimum Gasteiger partial charge on any atom is -0.282 e. The lowest BCUT2D eigenvalue weighted by Gasteiger charge is -2.06. The Kier molecular flexibility index (Phi) is 2.61. The first-order chi connectivity index (χ1) is 8.84. The first-order valence-corrected chi connectivity index (χ1v) is 5.73. The van der Waals surface area contributed by atoms with Gasteiger partial charge in [0.1, 0.15) is 6.33 Å². The molecule has 0 unspecified atom stereocenters. The van der Waals surface area contributed by atoms with Crippen LogP contribution in [0.3, 0.4) is 0 Å². The number of aromatic nitrogens is 4. The van der Waals surface area contributed by atoms with Crippen LogP contribution in [-0.4, -0.2) is 19.7 Å². The molecule has 3 aromatic rings. The molecule has 4 nitrogen and oxygen atoms in total. The highest BCUT2D eigenvalue weighted by atomic mass is 15.3. The molecular weight excluding hydrogens is 224 g/mol. The lowest BCUT2D eigenvalue weighted by molar-refractivity contribution is 1.06. The number of hydrogen-bond donors (Lipinski definition) is 0. The van der Waals surface area contributed by atoms with Crippen molar-refractivity contribution in [3.05, 3.63) is 60.7 Å². The average molecular weight is 236 g/mol. The quantitative estimate of drug-likeness (QED) is 0.687. The zero-order chi connectivity index (χ0) is 12.4. The zero-order valence-electron chi connectivity index (χ0n) is 9.99. The van der Waals surface area contributed by atoms with Crippen molar-refractivity contribution in [3.8, 4) is 17.1 Å². The highest BCUT2D eigenvalue weighted by Crippen LogP contribution is 2.20. The summed E-state index contributed by atoms with van der Waals surface area (Å²) >= 11 is 0. The summed E-state index contributed by atoms with van der Waals surface area (Å²) in [5.74, 6) is 0.826. The lowest BCUT2D eigenvalue weighted by atomic mass is 10.2. The molecule has 0 radical (unpaired) electrons. The van der Waals surface area contributed by atoms with Gasteiger partial charge in [-0.2, -0.15) is 0 Å². The second kappa shape index (κ2) is 4.41. The molecule has 88 valence electrons. The molecule has 0 aliphatic carbocycles. The van der Waals surface area contributed by atoms with E-state index in [2.05, 4.69) is 15.2 Å². The van der Waals surface area contributed by atoms with Crippen LogP contribution in [0.5, 0.6) is 0 Å². The summed E-state index contributed by atoms with van der Waals surface area (Å²) < 4.78 is 1.97. The van der Waals surface area contributed by atoms with Crippen LogP contribution in [0.25, 0.3) is 17.1 Å². The molecule has 0 N–H and O–H groups in total. The third-order valence-corrected chi connectivity index (χ3v) is 2.74. The monoisotopic (exact) mass is 236 g/mol. The predicted octanol–water partition coefficient (Wildman–Crippen LogP) is 2.64. The molecule has 0 aliphatic rings. The molecule has 1 aromatic carbocycles. The van der Waals surface area contributed by atoms with Crippen LogP contribution in [0.1, 0.15) is 5.69 Å². The molecule has 0 fully saturated rings. The average Bonchev–Trinajstić information content (AvgIpc) is 2.89. The molecule has 4 heteroatoms. The largest absolute Gasteiger partial charge is 0.282 e. The molecular formula is C14H12N4. The molecule has 0 saturated heterocycles. The molecule has 0 saturated carbocycles. The van der Waals surface area contributed by atoms with Gasteiger partial charge in [-0.3, -0.25) is 9.55 Å². The fraction of sp³-hybridized carbons (Fsp3) is 0.0714. The van der Waals surface area contributed by atoms with Gasteiger partial charge >= 0.3 is 0 Å². The second-order valence-corrected chi connectivity index (χ2v) is 4.05. The lowest BCUT2D eigenvalue weighted by Crippen LogP contribution is -1.96. The van der Waals surface area contributed by atoms with Gasteiger partial charge in [0.2, 0.25) is 0 Å². The Labute approximate surface area is 105 Å². The first-order valence-electron chi connectivity index (χ1n) is 5.73. The van der Waals surface area contributed by atoms with Gasteiger partial charge in [-0.05, 0) is 31.2 Å². The molecule has 0 spiro atoms. The number of rotatable bonds is 2. The summed E-state index contributed by atoms with van der Waals surface area (Å²) in [5, 5.41) is 8.19. The summed E-state index contributed by atoms with van der Waals surface area (Å²) in [4.78, 5) is 4.19. The van der Waals surface area contributed by atoms with Crippen LogP contribution in [0.15, 0.2) is 55.0 Å². The van der Waals surface area contributed by atoms with Crippen LogP contribution in [-0.2, 0) is 0 Å². The Hall–Kier alpha value is -2.49. The molecule has 0 bridgehead atoms. The minimum absolute atomic E-state index is 0.826. The SMILES string of the molecule is Cc1cc(-c2nncn2-c2ccccc2)ccn1. The number of nitrogens with zero attached hydrogens (tertiary/aromatic N) is 4. The third kappa shape index (κ3) is 1.88. The van der Waals surface area contributed by atoms with Gasteiger partial charge < -0.3 is 0 Å².